The number of carbonyl (C=O) groups is 1. The smallest absolute Gasteiger partial charge is 0.435 e. The molecular formula is C20H18F3N3O2. The maximum Gasteiger partial charge on any atom is 0.435 e. The monoisotopic (exact) mass is 389 g/mol. The van der Waals surface area contributed by atoms with Gasteiger partial charge in [-0.1, -0.05) is 19.1 Å². The second-order valence-corrected chi connectivity index (χ2v) is 6.71. The number of aryl methyl sites for hydroxylation is 1. The van der Waals surface area contributed by atoms with E-state index in [1.165, 1.54) is 4.68 Å². The molecule has 1 atom stereocenters. The lowest BCUT2D eigenvalue weighted by molar-refractivity contribution is -0.141. The lowest BCUT2D eigenvalue weighted by Crippen LogP contribution is -2.35. The summed E-state index contributed by atoms with van der Waals surface area (Å²) in [5.74, 6) is -0.121. The van der Waals surface area contributed by atoms with Gasteiger partial charge in [-0.25, -0.2) is 4.68 Å². The normalized spacial score (nSPS) is 19.3. The Morgan fingerprint density at radius 2 is 2.04 bits per heavy atom. The van der Waals surface area contributed by atoms with Crippen molar-refractivity contribution in [3.8, 4) is 5.69 Å². The second-order valence-electron chi connectivity index (χ2n) is 6.71. The quantitative estimate of drug-likeness (QED) is 0.868. The number of hydrogen-bond acceptors (Lipinski definition) is 3. The summed E-state index contributed by atoms with van der Waals surface area (Å²) in [5.41, 5.74) is 1.58. The first-order valence-corrected chi connectivity index (χ1v) is 8.96. The van der Waals surface area contributed by atoms with E-state index < -0.39 is 11.9 Å². The van der Waals surface area contributed by atoms with Gasteiger partial charge in [0.15, 0.2) is 12.3 Å². The summed E-state index contributed by atoms with van der Waals surface area (Å²) >= 11 is 0. The predicted octanol–water partition coefficient (Wildman–Crippen LogP) is 3.86. The number of hydrogen-bond donors (Lipinski definition) is 1. The summed E-state index contributed by atoms with van der Waals surface area (Å²) in [5, 5.41) is 6.53. The van der Waals surface area contributed by atoms with Crippen molar-refractivity contribution in [2.24, 2.45) is 0 Å². The van der Waals surface area contributed by atoms with Crippen LogP contribution in [0, 0.1) is 0 Å². The molecule has 1 saturated heterocycles. The summed E-state index contributed by atoms with van der Waals surface area (Å²) in [6.45, 7) is 1.95. The van der Waals surface area contributed by atoms with E-state index in [1.54, 1.807) is 24.3 Å². The summed E-state index contributed by atoms with van der Waals surface area (Å²) in [6, 6.07) is 8.34. The van der Waals surface area contributed by atoms with Gasteiger partial charge in [0.1, 0.15) is 5.76 Å². The number of allylic oxidation sites excluding steroid dienone is 2. The molecule has 1 amide bonds. The van der Waals surface area contributed by atoms with Crippen molar-refractivity contribution < 1.29 is 22.7 Å². The highest BCUT2D eigenvalue weighted by Crippen LogP contribution is 2.36. The Balaban J connectivity index is 1.76. The highest BCUT2D eigenvalue weighted by molar-refractivity contribution is 5.81. The van der Waals surface area contributed by atoms with Gasteiger partial charge in [0.05, 0.1) is 17.1 Å². The van der Waals surface area contributed by atoms with Gasteiger partial charge in [0.2, 0.25) is 0 Å². The van der Waals surface area contributed by atoms with Crippen LogP contribution >= 0.6 is 0 Å². The fraction of sp³-hybridized carbons (Fsp3) is 0.300. The average molecular weight is 389 g/mol. The predicted molar refractivity (Wildman–Crippen MR) is 95.6 cm³/mol. The van der Waals surface area contributed by atoms with E-state index in [-0.39, 0.29) is 18.4 Å². The molecule has 0 bridgehead atoms. The number of alkyl halides is 3. The Labute approximate surface area is 159 Å². The molecule has 2 heterocycles. The van der Waals surface area contributed by atoms with E-state index in [0.29, 0.717) is 29.3 Å². The maximum absolute atomic E-state index is 13.3. The second kappa shape index (κ2) is 6.85. The molecule has 2 aliphatic rings. The molecule has 146 valence electrons. The standard InChI is InChI=1S/C20H18F3N3O2/c1-2-12-3-6-14(7-4-12)26-16(10-18(25-26)20(21,22)23)13-5-8-17-15(9-13)24-19(27)11-28-17/h3-4,6-10,13H,2,5,11H2,1H3,(H,24,27). The number of ether oxygens (including phenoxy) is 1. The van der Waals surface area contributed by atoms with Gasteiger partial charge >= 0.3 is 6.18 Å². The first kappa shape index (κ1) is 18.3. The van der Waals surface area contributed by atoms with E-state index in [1.807, 2.05) is 19.1 Å². The topological polar surface area (TPSA) is 56.2 Å². The number of aromatic nitrogens is 2. The molecule has 1 unspecified atom stereocenters. The van der Waals surface area contributed by atoms with Crippen LogP contribution in [0.1, 0.15) is 36.2 Å². The minimum atomic E-state index is -4.55. The van der Waals surface area contributed by atoms with Crippen LogP contribution in [0.4, 0.5) is 13.2 Å². The third-order valence-electron chi connectivity index (χ3n) is 4.82. The molecule has 1 aromatic heterocycles. The lowest BCUT2D eigenvalue weighted by atomic mass is 9.93. The van der Waals surface area contributed by atoms with Gasteiger partial charge in [-0.2, -0.15) is 18.3 Å². The van der Waals surface area contributed by atoms with Crippen LogP contribution in [0.25, 0.3) is 5.69 Å². The van der Waals surface area contributed by atoms with Crippen LogP contribution in [-0.2, 0) is 22.1 Å². The number of carbonyl (C=O) groups excluding carboxylic acids is 1. The highest BCUT2D eigenvalue weighted by Gasteiger charge is 2.36. The average Bonchev–Trinajstić information content (AvgIpc) is 3.13. The van der Waals surface area contributed by atoms with Crippen molar-refractivity contribution in [3.63, 3.8) is 0 Å². The van der Waals surface area contributed by atoms with Gasteiger partial charge in [-0.05, 0) is 48.8 Å². The number of rotatable bonds is 3. The van der Waals surface area contributed by atoms with Crippen molar-refractivity contribution in [3.05, 3.63) is 70.9 Å². The van der Waals surface area contributed by atoms with Crippen LogP contribution in [-0.4, -0.2) is 22.3 Å². The molecule has 8 heteroatoms. The maximum atomic E-state index is 13.3. The van der Waals surface area contributed by atoms with E-state index >= 15 is 0 Å². The minimum absolute atomic E-state index is 0.0617. The van der Waals surface area contributed by atoms with Crippen molar-refractivity contribution >= 4 is 5.91 Å². The number of nitrogens with one attached hydrogen (secondary N) is 1. The summed E-state index contributed by atoms with van der Waals surface area (Å²) in [6.07, 6.45) is 0.242. The molecule has 1 aromatic carbocycles. The van der Waals surface area contributed by atoms with E-state index in [2.05, 4.69) is 10.4 Å². The van der Waals surface area contributed by atoms with Crippen LogP contribution in [0.5, 0.6) is 0 Å². The Morgan fingerprint density at radius 1 is 1.29 bits per heavy atom. The molecule has 1 N–H and O–H groups in total. The number of amides is 1. The highest BCUT2D eigenvalue weighted by atomic mass is 19.4. The first-order chi connectivity index (χ1) is 13.3. The molecule has 0 spiro atoms. The van der Waals surface area contributed by atoms with E-state index in [4.69, 9.17) is 4.74 Å². The summed E-state index contributed by atoms with van der Waals surface area (Å²) in [7, 11) is 0. The van der Waals surface area contributed by atoms with E-state index in [9.17, 15) is 18.0 Å². The molecule has 4 rings (SSSR count). The van der Waals surface area contributed by atoms with Gasteiger partial charge in [0, 0.05) is 5.92 Å². The minimum Gasteiger partial charge on any atom is -0.482 e. The first-order valence-electron chi connectivity index (χ1n) is 8.96. The number of morpholine rings is 1. The number of halogens is 3. The number of benzene rings is 1. The Kier molecular flexibility index (Phi) is 4.49. The number of nitrogens with zero attached hydrogens (tertiary/aromatic N) is 2. The lowest BCUT2D eigenvalue weighted by Gasteiger charge is -2.26. The molecule has 28 heavy (non-hydrogen) atoms. The molecule has 1 aliphatic heterocycles. The zero-order chi connectivity index (χ0) is 19.9. The fourth-order valence-electron chi connectivity index (χ4n) is 3.35. The molecule has 5 nitrogen and oxygen atoms in total. The zero-order valence-electron chi connectivity index (χ0n) is 15.1. The van der Waals surface area contributed by atoms with Crippen LogP contribution in [0.2, 0.25) is 0 Å². The van der Waals surface area contributed by atoms with Crippen LogP contribution < -0.4 is 5.32 Å². The molecule has 0 radical (unpaired) electrons. The van der Waals surface area contributed by atoms with Crippen LogP contribution in [0.3, 0.4) is 0 Å². The van der Waals surface area contributed by atoms with Gasteiger partial charge in [-0.15, -0.1) is 0 Å². The van der Waals surface area contributed by atoms with Gasteiger partial charge in [-0.3, -0.25) is 4.79 Å². The van der Waals surface area contributed by atoms with Crippen molar-refractivity contribution in [1.82, 2.24) is 15.1 Å². The van der Waals surface area contributed by atoms with Crippen molar-refractivity contribution in [1.29, 1.82) is 0 Å². The fourth-order valence-corrected chi connectivity index (χ4v) is 3.35. The molecule has 1 aliphatic carbocycles. The van der Waals surface area contributed by atoms with Crippen molar-refractivity contribution in [2.45, 2.75) is 31.9 Å². The third kappa shape index (κ3) is 3.42. The zero-order valence-corrected chi connectivity index (χ0v) is 15.1. The summed E-state index contributed by atoms with van der Waals surface area (Å²) in [4.78, 5) is 11.6. The largest absolute Gasteiger partial charge is 0.482 e. The molecule has 2 aromatic rings. The third-order valence-corrected chi connectivity index (χ3v) is 4.82. The number of fused-ring (bicyclic) bond motifs is 1. The Bertz CT molecular complexity index is 972. The molecule has 0 saturated carbocycles. The SMILES string of the molecule is CCc1ccc(-n2nc(C(F)(F)F)cc2C2C=C3NC(=O)COC3=CC2)cc1. The Morgan fingerprint density at radius 3 is 2.71 bits per heavy atom. The van der Waals surface area contributed by atoms with E-state index in [0.717, 1.165) is 18.1 Å². The summed E-state index contributed by atoms with van der Waals surface area (Å²) < 4.78 is 46.7. The van der Waals surface area contributed by atoms with Gasteiger partial charge in [0.25, 0.3) is 5.91 Å². The van der Waals surface area contributed by atoms with Crippen LogP contribution in [0.15, 0.2) is 53.9 Å². The van der Waals surface area contributed by atoms with Gasteiger partial charge < -0.3 is 10.1 Å². The molecular weight excluding hydrogens is 371 g/mol. The molecule has 1 fully saturated rings. The Hall–Kier alpha value is -3.03. The van der Waals surface area contributed by atoms with Crippen molar-refractivity contribution in [2.75, 3.05) is 6.61 Å².